The summed E-state index contributed by atoms with van der Waals surface area (Å²) in [5.74, 6) is 0.696. The van der Waals surface area contributed by atoms with Crippen molar-refractivity contribution in [2.24, 2.45) is 0 Å². The molecule has 1 saturated heterocycles. The molecule has 2 unspecified atom stereocenters. The lowest BCUT2D eigenvalue weighted by Crippen LogP contribution is -2.41. The fraction of sp³-hybridized carbons (Fsp3) is 0.364. The molecule has 0 bridgehead atoms. The second-order valence-electron chi connectivity index (χ2n) is 7.98. The predicted octanol–water partition coefficient (Wildman–Crippen LogP) is 2.76. The topological polar surface area (TPSA) is 98.1 Å². The van der Waals surface area contributed by atoms with E-state index in [0.29, 0.717) is 17.4 Å². The molecule has 3 aromatic rings. The minimum atomic E-state index is -3.06. The number of amides is 1. The van der Waals surface area contributed by atoms with Crippen LogP contribution in [-0.2, 0) is 14.6 Å². The van der Waals surface area contributed by atoms with Gasteiger partial charge in [0.2, 0.25) is 5.91 Å². The van der Waals surface area contributed by atoms with Gasteiger partial charge in [-0.05, 0) is 44.5 Å². The lowest BCUT2D eigenvalue weighted by Gasteiger charge is -2.26. The molecule has 0 radical (unpaired) electrons. The molecule has 32 heavy (non-hydrogen) atoms. The molecule has 2 atom stereocenters. The molecule has 1 amide bonds. The molecule has 0 N–H and O–H groups in total. The van der Waals surface area contributed by atoms with Crippen molar-refractivity contribution < 1.29 is 13.2 Å². The highest BCUT2D eigenvalue weighted by Crippen LogP contribution is 2.31. The Balaban J connectivity index is 1.62. The van der Waals surface area contributed by atoms with Crippen LogP contribution in [0.25, 0.3) is 17.1 Å². The molecule has 3 heterocycles. The molecular weight excluding hydrogens is 446 g/mol. The Labute approximate surface area is 192 Å². The molecule has 8 nitrogen and oxygen atoms in total. The molecule has 4 rings (SSSR count). The first-order valence-corrected chi connectivity index (χ1v) is 13.0. The zero-order valence-electron chi connectivity index (χ0n) is 18.2. The summed E-state index contributed by atoms with van der Waals surface area (Å²) in [6.45, 7) is 3.84. The van der Waals surface area contributed by atoms with Crippen LogP contribution in [0.5, 0.6) is 0 Å². The molecule has 168 valence electrons. The van der Waals surface area contributed by atoms with E-state index in [0.717, 1.165) is 16.8 Å². The molecule has 10 heteroatoms. The van der Waals surface area contributed by atoms with Gasteiger partial charge in [0, 0.05) is 36.7 Å². The number of benzene rings is 1. The number of hydrogen-bond acceptors (Lipinski definition) is 7. The van der Waals surface area contributed by atoms with Crippen LogP contribution in [0.4, 0.5) is 0 Å². The summed E-state index contributed by atoms with van der Waals surface area (Å²) in [6.07, 6.45) is 3.88. The van der Waals surface area contributed by atoms with Gasteiger partial charge in [-0.15, -0.1) is 10.2 Å². The van der Waals surface area contributed by atoms with E-state index in [1.165, 1.54) is 11.8 Å². The second kappa shape index (κ2) is 9.03. The highest BCUT2D eigenvalue weighted by Gasteiger charge is 2.34. The molecule has 1 aliphatic heterocycles. The Kier molecular flexibility index (Phi) is 6.34. The molecule has 0 aliphatic carbocycles. The number of pyridine rings is 1. The van der Waals surface area contributed by atoms with Gasteiger partial charge in [-0.1, -0.05) is 29.5 Å². The van der Waals surface area contributed by atoms with Gasteiger partial charge < -0.3 is 4.90 Å². The molecule has 1 aliphatic rings. The van der Waals surface area contributed by atoms with E-state index in [9.17, 15) is 13.2 Å². The van der Waals surface area contributed by atoms with Crippen LogP contribution in [-0.4, -0.2) is 68.8 Å². The van der Waals surface area contributed by atoms with Crippen LogP contribution in [0.1, 0.15) is 18.9 Å². The Morgan fingerprint density at radius 1 is 1.16 bits per heavy atom. The monoisotopic (exact) mass is 471 g/mol. The standard InChI is InChI=1S/C22H25N5O3S2/c1-15-4-6-18(7-5-15)27-20(17-8-11-23-12-9-17)24-25-22(27)31-16(2)21(28)26(3)19-10-13-32(29,30)14-19/h4-9,11-12,16,19H,10,13-14H2,1-3H3. The smallest absolute Gasteiger partial charge is 0.235 e. The first kappa shape index (κ1) is 22.5. The highest BCUT2D eigenvalue weighted by atomic mass is 32.2. The van der Waals surface area contributed by atoms with E-state index >= 15 is 0 Å². The van der Waals surface area contributed by atoms with Crippen LogP contribution in [0.15, 0.2) is 53.9 Å². The molecular formula is C22H25N5O3S2. The van der Waals surface area contributed by atoms with E-state index in [2.05, 4.69) is 15.2 Å². The van der Waals surface area contributed by atoms with Crippen LogP contribution >= 0.6 is 11.8 Å². The normalized spacial score (nSPS) is 18.4. The number of nitrogens with zero attached hydrogens (tertiary/aromatic N) is 5. The zero-order valence-corrected chi connectivity index (χ0v) is 19.8. The van der Waals surface area contributed by atoms with Gasteiger partial charge in [-0.2, -0.15) is 0 Å². The molecule has 1 aromatic carbocycles. The number of carbonyl (C=O) groups is 1. The van der Waals surface area contributed by atoms with Crippen molar-refractivity contribution in [3.8, 4) is 17.1 Å². The molecule has 2 aromatic heterocycles. The number of hydrogen-bond donors (Lipinski definition) is 0. The Morgan fingerprint density at radius 3 is 2.47 bits per heavy atom. The van der Waals surface area contributed by atoms with E-state index in [1.807, 2.05) is 54.8 Å². The van der Waals surface area contributed by atoms with E-state index in [4.69, 9.17) is 0 Å². The van der Waals surface area contributed by atoms with Crippen molar-refractivity contribution in [3.63, 3.8) is 0 Å². The maximum atomic E-state index is 13.1. The Morgan fingerprint density at radius 2 is 1.84 bits per heavy atom. The number of carbonyl (C=O) groups excluding carboxylic acids is 1. The molecule has 0 saturated carbocycles. The summed E-state index contributed by atoms with van der Waals surface area (Å²) in [4.78, 5) is 18.7. The lowest BCUT2D eigenvalue weighted by atomic mass is 10.2. The first-order valence-electron chi connectivity index (χ1n) is 10.3. The highest BCUT2D eigenvalue weighted by molar-refractivity contribution is 8.00. The average molecular weight is 472 g/mol. The Bertz CT molecular complexity index is 1210. The van der Waals surface area contributed by atoms with E-state index in [-0.39, 0.29) is 23.5 Å². The van der Waals surface area contributed by atoms with Crippen molar-refractivity contribution in [1.29, 1.82) is 0 Å². The number of thioether (sulfide) groups is 1. The SMILES string of the molecule is Cc1ccc(-n2c(SC(C)C(=O)N(C)C3CCS(=O)(=O)C3)nnc2-c2ccncc2)cc1. The molecule has 1 fully saturated rings. The minimum Gasteiger partial charge on any atom is -0.341 e. The number of aromatic nitrogens is 4. The fourth-order valence-electron chi connectivity index (χ4n) is 3.72. The summed E-state index contributed by atoms with van der Waals surface area (Å²) >= 11 is 1.31. The summed E-state index contributed by atoms with van der Waals surface area (Å²) < 4.78 is 25.6. The number of rotatable bonds is 6. The van der Waals surface area contributed by atoms with Crippen molar-refractivity contribution in [2.45, 2.75) is 36.7 Å². The third-order valence-electron chi connectivity index (χ3n) is 5.60. The second-order valence-corrected chi connectivity index (χ2v) is 11.5. The lowest BCUT2D eigenvalue weighted by molar-refractivity contribution is -0.130. The maximum absolute atomic E-state index is 13.1. The van der Waals surface area contributed by atoms with Gasteiger partial charge >= 0.3 is 0 Å². The number of sulfone groups is 1. The largest absolute Gasteiger partial charge is 0.341 e. The first-order chi connectivity index (χ1) is 15.2. The van der Waals surface area contributed by atoms with Crippen molar-refractivity contribution in [2.75, 3.05) is 18.6 Å². The van der Waals surface area contributed by atoms with Gasteiger partial charge in [-0.25, -0.2) is 8.42 Å². The van der Waals surface area contributed by atoms with Gasteiger partial charge in [0.05, 0.1) is 16.8 Å². The maximum Gasteiger partial charge on any atom is 0.235 e. The Hall–Kier alpha value is -2.72. The van der Waals surface area contributed by atoms with Gasteiger partial charge in [-0.3, -0.25) is 14.3 Å². The van der Waals surface area contributed by atoms with E-state index in [1.54, 1.807) is 24.3 Å². The average Bonchev–Trinajstić information content (AvgIpc) is 3.36. The minimum absolute atomic E-state index is 0.0262. The van der Waals surface area contributed by atoms with Crippen molar-refractivity contribution >= 4 is 27.5 Å². The quantitative estimate of drug-likeness (QED) is 0.510. The van der Waals surface area contributed by atoms with Gasteiger partial charge in [0.25, 0.3) is 0 Å². The van der Waals surface area contributed by atoms with Crippen LogP contribution < -0.4 is 0 Å². The zero-order chi connectivity index (χ0) is 22.9. The predicted molar refractivity (Wildman–Crippen MR) is 124 cm³/mol. The summed E-state index contributed by atoms with van der Waals surface area (Å²) in [6, 6.07) is 11.5. The van der Waals surface area contributed by atoms with E-state index < -0.39 is 15.1 Å². The van der Waals surface area contributed by atoms with Crippen LogP contribution in [0, 0.1) is 6.92 Å². The van der Waals surface area contributed by atoms with Gasteiger partial charge in [0.15, 0.2) is 20.8 Å². The van der Waals surface area contributed by atoms with Crippen LogP contribution in [0.3, 0.4) is 0 Å². The summed E-state index contributed by atoms with van der Waals surface area (Å²) in [5.41, 5.74) is 2.90. The third kappa shape index (κ3) is 4.71. The summed E-state index contributed by atoms with van der Waals surface area (Å²) in [7, 11) is -1.39. The fourth-order valence-corrected chi connectivity index (χ4v) is 6.46. The van der Waals surface area contributed by atoms with Crippen molar-refractivity contribution in [3.05, 3.63) is 54.4 Å². The van der Waals surface area contributed by atoms with Crippen LogP contribution in [0.2, 0.25) is 0 Å². The number of aryl methyl sites for hydroxylation is 1. The van der Waals surface area contributed by atoms with Crippen molar-refractivity contribution in [1.82, 2.24) is 24.6 Å². The third-order valence-corrected chi connectivity index (χ3v) is 8.38. The molecule has 0 spiro atoms. The van der Waals surface area contributed by atoms with Gasteiger partial charge in [0.1, 0.15) is 0 Å². The summed E-state index contributed by atoms with van der Waals surface area (Å²) in [5, 5.41) is 8.92.